The van der Waals surface area contributed by atoms with Gasteiger partial charge in [0.05, 0.1) is 17.9 Å². The summed E-state index contributed by atoms with van der Waals surface area (Å²) in [6.07, 6.45) is 2.04. The molecule has 1 N–H and O–H groups in total. The maximum atomic E-state index is 12.8. The van der Waals surface area contributed by atoms with Crippen molar-refractivity contribution in [3.8, 4) is 5.82 Å². The standard InChI is InChI=1S/C11H12FN5/c1-7-11-9(4-5-13-7)17(16-15-11)10-3-2-8(12)6-14-10/h2-3,6-7,13H,4-5H2,1H3. The molecule has 0 saturated heterocycles. The van der Waals surface area contributed by atoms with E-state index in [9.17, 15) is 4.39 Å². The third kappa shape index (κ3) is 1.70. The highest BCUT2D eigenvalue weighted by molar-refractivity contribution is 5.28. The van der Waals surface area contributed by atoms with Crippen LogP contribution in [0, 0.1) is 5.82 Å². The number of nitrogens with one attached hydrogen (secondary N) is 1. The summed E-state index contributed by atoms with van der Waals surface area (Å²) in [4.78, 5) is 4.02. The zero-order valence-corrected chi connectivity index (χ0v) is 9.39. The molecule has 1 aliphatic heterocycles. The van der Waals surface area contributed by atoms with Crippen LogP contribution >= 0.6 is 0 Å². The fraction of sp³-hybridized carbons (Fsp3) is 0.364. The average molecular weight is 233 g/mol. The van der Waals surface area contributed by atoms with Gasteiger partial charge in [-0.25, -0.2) is 9.37 Å². The molecule has 1 aliphatic rings. The van der Waals surface area contributed by atoms with E-state index in [-0.39, 0.29) is 11.9 Å². The Morgan fingerprint density at radius 1 is 1.47 bits per heavy atom. The van der Waals surface area contributed by atoms with Crippen LogP contribution in [0.5, 0.6) is 0 Å². The first-order valence-corrected chi connectivity index (χ1v) is 5.55. The third-order valence-corrected chi connectivity index (χ3v) is 2.94. The van der Waals surface area contributed by atoms with E-state index in [0.717, 1.165) is 24.4 Å². The Morgan fingerprint density at radius 3 is 3.12 bits per heavy atom. The highest BCUT2D eigenvalue weighted by Crippen LogP contribution is 2.21. The van der Waals surface area contributed by atoms with E-state index in [2.05, 4.69) is 27.5 Å². The SMILES string of the molecule is CC1NCCc2c1nnn2-c1ccc(F)cn1. The van der Waals surface area contributed by atoms with E-state index in [0.29, 0.717) is 5.82 Å². The second kappa shape index (κ2) is 3.89. The van der Waals surface area contributed by atoms with Crippen LogP contribution in [-0.4, -0.2) is 26.5 Å². The van der Waals surface area contributed by atoms with E-state index >= 15 is 0 Å². The van der Waals surface area contributed by atoms with Crippen LogP contribution in [0.1, 0.15) is 24.4 Å². The first-order chi connectivity index (χ1) is 8.25. The average Bonchev–Trinajstić information content (AvgIpc) is 2.75. The second-order valence-electron chi connectivity index (χ2n) is 4.09. The molecule has 1 unspecified atom stereocenters. The van der Waals surface area contributed by atoms with Gasteiger partial charge in [0.1, 0.15) is 11.5 Å². The quantitative estimate of drug-likeness (QED) is 0.798. The zero-order valence-electron chi connectivity index (χ0n) is 9.39. The Labute approximate surface area is 97.7 Å². The molecule has 0 aromatic carbocycles. The minimum absolute atomic E-state index is 0.202. The van der Waals surface area contributed by atoms with Crippen LogP contribution in [0.15, 0.2) is 18.3 Å². The molecule has 0 aliphatic carbocycles. The van der Waals surface area contributed by atoms with Gasteiger partial charge in [-0.15, -0.1) is 5.10 Å². The van der Waals surface area contributed by atoms with E-state index < -0.39 is 0 Å². The molecule has 0 saturated carbocycles. The topological polar surface area (TPSA) is 55.6 Å². The lowest BCUT2D eigenvalue weighted by atomic mass is 10.1. The summed E-state index contributed by atoms with van der Waals surface area (Å²) >= 11 is 0. The molecule has 88 valence electrons. The fourth-order valence-corrected chi connectivity index (χ4v) is 2.06. The summed E-state index contributed by atoms with van der Waals surface area (Å²) in [5, 5.41) is 11.6. The number of pyridine rings is 1. The summed E-state index contributed by atoms with van der Waals surface area (Å²) in [6, 6.07) is 3.19. The molecule has 0 spiro atoms. The van der Waals surface area contributed by atoms with Gasteiger partial charge in [0, 0.05) is 13.0 Å². The molecule has 0 fully saturated rings. The Morgan fingerprint density at radius 2 is 2.35 bits per heavy atom. The van der Waals surface area contributed by atoms with Crippen LogP contribution in [0.25, 0.3) is 5.82 Å². The largest absolute Gasteiger partial charge is 0.308 e. The summed E-state index contributed by atoms with van der Waals surface area (Å²) in [6.45, 7) is 2.94. The van der Waals surface area contributed by atoms with Gasteiger partial charge in [-0.05, 0) is 19.1 Å². The number of nitrogens with zero attached hydrogens (tertiary/aromatic N) is 4. The Hall–Kier alpha value is -1.82. The predicted molar refractivity (Wildman–Crippen MR) is 59.2 cm³/mol. The van der Waals surface area contributed by atoms with Gasteiger partial charge in [0.2, 0.25) is 0 Å². The van der Waals surface area contributed by atoms with Gasteiger partial charge < -0.3 is 5.32 Å². The maximum Gasteiger partial charge on any atom is 0.155 e. The fourth-order valence-electron chi connectivity index (χ4n) is 2.06. The minimum Gasteiger partial charge on any atom is -0.308 e. The van der Waals surface area contributed by atoms with Gasteiger partial charge in [-0.1, -0.05) is 5.21 Å². The Balaban J connectivity index is 2.07. The molecule has 17 heavy (non-hydrogen) atoms. The molecule has 1 atom stereocenters. The lowest BCUT2D eigenvalue weighted by Crippen LogP contribution is -2.28. The van der Waals surface area contributed by atoms with E-state index in [1.54, 1.807) is 10.7 Å². The van der Waals surface area contributed by atoms with E-state index in [4.69, 9.17) is 0 Å². The van der Waals surface area contributed by atoms with Crippen molar-refractivity contribution in [1.82, 2.24) is 25.3 Å². The van der Waals surface area contributed by atoms with Gasteiger partial charge >= 0.3 is 0 Å². The predicted octanol–water partition coefficient (Wildman–Crippen LogP) is 1.01. The lowest BCUT2D eigenvalue weighted by molar-refractivity contribution is 0.523. The van der Waals surface area contributed by atoms with Gasteiger partial charge in [0.25, 0.3) is 0 Å². The van der Waals surface area contributed by atoms with Crippen LogP contribution in [-0.2, 0) is 6.42 Å². The lowest BCUT2D eigenvalue weighted by Gasteiger charge is -2.19. The van der Waals surface area contributed by atoms with Crippen LogP contribution in [0.4, 0.5) is 4.39 Å². The molecule has 2 aromatic rings. The smallest absolute Gasteiger partial charge is 0.155 e. The molecular formula is C11H12FN5. The van der Waals surface area contributed by atoms with Gasteiger partial charge in [-0.2, -0.15) is 4.68 Å². The van der Waals surface area contributed by atoms with E-state index in [1.165, 1.54) is 12.3 Å². The van der Waals surface area contributed by atoms with Crippen molar-refractivity contribution >= 4 is 0 Å². The molecular weight excluding hydrogens is 221 g/mol. The van der Waals surface area contributed by atoms with Gasteiger partial charge in [0.15, 0.2) is 5.82 Å². The summed E-state index contributed by atoms with van der Waals surface area (Å²) in [7, 11) is 0. The van der Waals surface area contributed by atoms with Crippen molar-refractivity contribution < 1.29 is 4.39 Å². The normalized spacial score (nSPS) is 19.1. The van der Waals surface area contributed by atoms with Crippen molar-refractivity contribution in [2.75, 3.05) is 6.54 Å². The van der Waals surface area contributed by atoms with E-state index in [1.807, 2.05) is 0 Å². The van der Waals surface area contributed by atoms with Crippen LogP contribution < -0.4 is 5.32 Å². The summed E-state index contributed by atoms with van der Waals surface area (Å²) < 4.78 is 14.5. The number of rotatable bonds is 1. The molecule has 0 radical (unpaired) electrons. The van der Waals surface area contributed by atoms with Crippen molar-refractivity contribution in [2.24, 2.45) is 0 Å². The second-order valence-corrected chi connectivity index (χ2v) is 4.09. The number of hydrogen-bond donors (Lipinski definition) is 1. The number of halogens is 1. The van der Waals surface area contributed by atoms with Crippen LogP contribution in [0.2, 0.25) is 0 Å². The molecule has 5 nitrogen and oxygen atoms in total. The first kappa shape index (κ1) is 10.3. The van der Waals surface area contributed by atoms with Crippen LogP contribution in [0.3, 0.4) is 0 Å². The molecule has 3 heterocycles. The molecule has 0 bridgehead atoms. The first-order valence-electron chi connectivity index (χ1n) is 5.55. The monoisotopic (exact) mass is 233 g/mol. The number of hydrogen-bond acceptors (Lipinski definition) is 4. The Bertz CT molecular complexity index is 533. The highest BCUT2D eigenvalue weighted by atomic mass is 19.1. The van der Waals surface area contributed by atoms with Crippen molar-refractivity contribution in [3.63, 3.8) is 0 Å². The molecule has 0 amide bonds. The molecule has 2 aromatic heterocycles. The van der Waals surface area contributed by atoms with Crippen molar-refractivity contribution in [2.45, 2.75) is 19.4 Å². The highest BCUT2D eigenvalue weighted by Gasteiger charge is 2.23. The zero-order chi connectivity index (χ0) is 11.8. The number of fused-ring (bicyclic) bond motifs is 1. The van der Waals surface area contributed by atoms with Crippen molar-refractivity contribution in [3.05, 3.63) is 35.5 Å². The number of aromatic nitrogens is 4. The third-order valence-electron chi connectivity index (χ3n) is 2.94. The molecule has 3 rings (SSSR count). The maximum absolute atomic E-state index is 12.8. The summed E-state index contributed by atoms with van der Waals surface area (Å²) in [5.74, 6) is 0.256. The Kier molecular flexibility index (Phi) is 2.36. The minimum atomic E-state index is -0.349. The molecule has 6 heteroatoms. The van der Waals surface area contributed by atoms with Crippen molar-refractivity contribution in [1.29, 1.82) is 0 Å². The summed E-state index contributed by atoms with van der Waals surface area (Å²) in [5.41, 5.74) is 2.00. The van der Waals surface area contributed by atoms with Gasteiger partial charge in [-0.3, -0.25) is 0 Å².